The van der Waals surface area contributed by atoms with Gasteiger partial charge in [0.1, 0.15) is 0 Å². The average Bonchev–Trinajstić information content (AvgIpc) is 2.28. The lowest BCUT2D eigenvalue weighted by molar-refractivity contribution is -0.118. The topological polar surface area (TPSA) is 72.2 Å². The maximum absolute atomic E-state index is 11.5. The Bertz CT molecular complexity index is 407. The molecule has 86 valence electrons. The number of hydrogen-bond acceptors (Lipinski definition) is 2. The van der Waals surface area contributed by atoms with E-state index in [0.717, 1.165) is 0 Å². The monoisotopic (exact) mass is 240 g/mol. The second kappa shape index (κ2) is 5.51. The molecule has 0 saturated carbocycles. The van der Waals surface area contributed by atoms with Gasteiger partial charge in [0, 0.05) is 23.0 Å². The Hall–Kier alpha value is -1.55. The molecule has 0 aromatic heterocycles. The molecular formula is C11H13ClN2O2. The third kappa shape index (κ3) is 3.24. The Kier molecular flexibility index (Phi) is 4.31. The second-order valence-electron chi connectivity index (χ2n) is 3.49. The van der Waals surface area contributed by atoms with Gasteiger partial charge in [-0.1, -0.05) is 13.0 Å². The summed E-state index contributed by atoms with van der Waals surface area (Å²) in [7, 11) is 0. The highest BCUT2D eigenvalue weighted by Crippen LogP contribution is 2.12. The number of carbonyl (C=O) groups excluding carboxylic acids is 2. The Morgan fingerprint density at radius 1 is 1.50 bits per heavy atom. The van der Waals surface area contributed by atoms with E-state index in [2.05, 4.69) is 5.32 Å². The predicted octanol–water partition coefficient (Wildman–Crippen LogP) is 1.60. The van der Waals surface area contributed by atoms with Crippen LogP contribution in [0, 0.1) is 5.92 Å². The fraction of sp³-hybridized carbons (Fsp3) is 0.273. The zero-order valence-electron chi connectivity index (χ0n) is 8.87. The molecule has 16 heavy (non-hydrogen) atoms. The van der Waals surface area contributed by atoms with Crippen LogP contribution in [-0.2, 0) is 4.79 Å². The molecule has 3 N–H and O–H groups in total. The third-order valence-corrected chi connectivity index (χ3v) is 2.56. The van der Waals surface area contributed by atoms with Crippen molar-refractivity contribution in [1.29, 1.82) is 0 Å². The number of carbonyl (C=O) groups is 2. The van der Waals surface area contributed by atoms with Crippen LogP contribution in [0.3, 0.4) is 0 Å². The van der Waals surface area contributed by atoms with Gasteiger partial charge >= 0.3 is 0 Å². The van der Waals surface area contributed by atoms with Gasteiger partial charge in [0.15, 0.2) is 0 Å². The van der Waals surface area contributed by atoms with Crippen LogP contribution in [0.15, 0.2) is 24.3 Å². The maximum atomic E-state index is 11.5. The number of rotatable bonds is 4. The number of hydrogen-bond donors (Lipinski definition) is 2. The first-order valence-electron chi connectivity index (χ1n) is 4.81. The van der Waals surface area contributed by atoms with Gasteiger partial charge in [-0.25, -0.2) is 0 Å². The summed E-state index contributed by atoms with van der Waals surface area (Å²) in [6, 6.07) is 6.45. The SMILES string of the molecule is CC(CCl)C(=O)Nc1cccc(C(N)=O)c1. The lowest BCUT2D eigenvalue weighted by Crippen LogP contribution is -2.21. The van der Waals surface area contributed by atoms with Crippen molar-refractivity contribution in [1.82, 2.24) is 0 Å². The van der Waals surface area contributed by atoms with E-state index in [9.17, 15) is 9.59 Å². The lowest BCUT2D eigenvalue weighted by atomic mass is 10.1. The molecule has 1 unspecified atom stereocenters. The fourth-order valence-electron chi connectivity index (χ4n) is 1.09. The first-order chi connectivity index (χ1) is 7.54. The molecule has 0 fully saturated rings. The van der Waals surface area contributed by atoms with Crippen LogP contribution in [0.25, 0.3) is 0 Å². The van der Waals surface area contributed by atoms with Gasteiger partial charge < -0.3 is 11.1 Å². The summed E-state index contributed by atoms with van der Waals surface area (Å²) < 4.78 is 0. The first-order valence-corrected chi connectivity index (χ1v) is 5.34. The van der Waals surface area contributed by atoms with E-state index in [4.69, 9.17) is 17.3 Å². The van der Waals surface area contributed by atoms with Gasteiger partial charge in [0.2, 0.25) is 11.8 Å². The van der Waals surface area contributed by atoms with E-state index in [1.807, 2.05) is 0 Å². The quantitative estimate of drug-likeness (QED) is 0.785. The summed E-state index contributed by atoms with van der Waals surface area (Å²) in [5, 5.41) is 2.66. The van der Waals surface area contributed by atoms with Gasteiger partial charge in [-0.2, -0.15) is 0 Å². The minimum Gasteiger partial charge on any atom is -0.366 e. The zero-order valence-corrected chi connectivity index (χ0v) is 9.62. The van der Waals surface area contributed by atoms with Crippen molar-refractivity contribution in [3.05, 3.63) is 29.8 Å². The van der Waals surface area contributed by atoms with Crippen molar-refractivity contribution in [3.63, 3.8) is 0 Å². The predicted molar refractivity (Wildman–Crippen MR) is 63.5 cm³/mol. The van der Waals surface area contributed by atoms with Crippen LogP contribution >= 0.6 is 11.6 Å². The van der Waals surface area contributed by atoms with Crippen LogP contribution < -0.4 is 11.1 Å². The standard InChI is InChI=1S/C11H13ClN2O2/c1-7(6-12)11(16)14-9-4-2-3-8(5-9)10(13)15/h2-5,7H,6H2,1H3,(H2,13,15)(H,14,16). The number of nitrogens with two attached hydrogens (primary N) is 1. The minimum absolute atomic E-state index is 0.184. The van der Waals surface area contributed by atoms with E-state index in [-0.39, 0.29) is 17.7 Å². The molecule has 2 amide bonds. The molecule has 0 radical (unpaired) electrons. The zero-order chi connectivity index (χ0) is 12.1. The molecule has 1 aromatic rings. The highest BCUT2D eigenvalue weighted by molar-refractivity contribution is 6.19. The number of nitrogens with one attached hydrogen (secondary N) is 1. The number of anilines is 1. The molecule has 0 bridgehead atoms. The van der Waals surface area contributed by atoms with Crippen LogP contribution in [-0.4, -0.2) is 17.7 Å². The van der Waals surface area contributed by atoms with Gasteiger partial charge in [0.25, 0.3) is 0 Å². The van der Waals surface area contributed by atoms with Crippen molar-refractivity contribution >= 4 is 29.1 Å². The Morgan fingerprint density at radius 2 is 2.19 bits per heavy atom. The van der Waals surface area contributed by atoms with Crippen LogP contribution in [0.2, 0.25) is 0 Å². The van der Waals surface area contributed by atoms with E-state index in [1.54, 1.807) is 25.1 Å². The molecule has 1 rings (SSSR count). The summed E-state index contributed by atoms with van der Waals surface area (Å²) in [5.74, 6) is -0.738. The third-order valence-electron chi connectivity index (χ3n) is 2.09. The van der Waals surface area contributed by atoms with E-state index >= 15 is 0 Å². The van der Waals surface area contributed by atoms with Gasteiger partial charge in [0.05, 0.1) is 0 Å². The maximum Gasteiger partial charge on any atom is 0.248 e. The molecule has 1 aromatic carbocycles. The van der Waals surface area contributed by atoms with Crippen molar-refractivity contribution in [2.24, 2.45) is 11.7 Å². The van der Waals surface area contributed by atoms with Crippen LogP contribution in [0.1, 0.15) is 17.3 Å². The largest absolute Gasteiger partial charge is 0.366 e. The van der Waals surface area contributed by atoms with Crippen molar-refractivity contribution in [3.8, 4) is 0 Å². The summed E-state index contributed by atoms with van der Waals surface area (Å²) in [6.45, 7) is 1.72. The van der Waals surface area contributed by atoms with Gasteiger partial charge in [-0.15, -0.1) is 11.6 Å². The Labute approximate surface area is 98.8 Å². The molecule has 5 heteroatoms. The lowest BCUT2D eigenvalue weighted by Gasteiger charge is -2.09. The molecule has 0 spiro atoms. The fourth-order valence-corrected chi connectivity index (χ4v) is 1.23. The number of primary amides is 1. The van der Waals surface area contributed by atoms with Crippen molar-refractivity contribution in [2.75, 3.05) is 11.2 Å². The van der Waals surface area contributed by atoms with Crippen LogP contribution in [0.4, 0.5) is 5.69 Å². The second-order valence-corrected chi connectivity index (χ2v) is 3.80. The van der Waals surface area contributed by atoms with Crippen LogP contribution in [0.5, 0.6) is 0 Å². The van der Waals surface area contributed by atoms with E-state index in [1.165, 1.54) is 6.07 Å². The Morgan fingerprint density at radius 3 is 2.75 bits per heavy atom. The average molecular weight is 241 g/mol. The van der Waals surface area contributed by atoms with Gasteiger partial charge in [-0.3, -0.25) is 9.59 Å². The van der Waals surface area contributed by atoms with E-state index < -0.39 is 5.91 Å². The van der Waals surface area contributed by atoms with E-state index in [0.29, 0.717) is 11.3 Å². The first kappa shape index (κ1) is 12.5. The Balaban J connectivity index is 2.78. The summed E-state index contributed by atoms with van der Waals surface area (Å²) >= 11 is 5.56. The highest BCUT2D eigenvalue weighted by Gasteiger charge is 2.11. The number of alkyl halides is 1. The number of amides is 2. The summed E-state index contributed by atoms with van der Waals surface area (Å²) in [4.78, 5) is 22.4. The minimum atomic E-state index is -0.526. The highest BCUT2D eigenvalue weighted by atomic mass is 35.5. The van der Waals surface area contributed by atoms with Crippen molar-refractivity contribution in [2.45, 2.75) is 6.92 Å². The molecule has 0 heterocycles. The summed E-state index contributed by atoms with van der Waals surface area (Å²) in [5.41, 5.74) is 6.02. The number of halogens is 1. The normalized spacial score (nSPS) is 11.9. The molecule has 4 nitrogen and oxygen atoms in total. The molecule has 0 aliphatic carbocycles. The molecule has 1 atom stereocenters. The smallest absolute Gasteiger partial charge is 0.248 e. The molecular weight excluding hydrogens is 228 g/mol. The molecule has 0 aliphatic rings. The van der Waals surface area contributed by atoms with Crippen molar-refractivity contribution < 1.29 is 9.59 Å². The summed E-state index contributed by atoms with van der Waals surface area (Å²) in [6.07, 6.45) is 0. The molecule has 0 aliphatic heterocycles. The number of benzene rings is 1. The molecule has 0 saturated heterocycles. The van der Waals surface area contributed by atoms with Gasteiger partial charge in [-0.05, 0) is 18.2 Å².